The summed E-state index contributed by atoms with van der Waals surface area (Å²) in [5.41, 5.74) is 5.90. The third-order valence-electron chi connectivity index (χ3n) is 6.29. The Morgan fingerprint density at radius 3 is 2.70 bits per heavy atom. The van der Waals surface area contributed by atoms with Gasteiger partial charge in [0.2, 0.25) is 11.8 Å². The van der Waals surface area contributed by atoms with E-state index in [1.165, 1.54) is 0 Å². The number of carbonyl (C=O) groups excluding carboxylic acids is 1. The van der Waals surface area contributed by atoms with Gasteiger partial charge in [-0.05, 0) is 43.7 Å². The second-order valence-electron chi connectivity index (χ2n) is 8.64. The molecule has 162 valence electrons. The zero-order chi connectivity index (χ0) is 21.5. The van der Waals surface area contributed by atoms with Gasteiger partial charge in [-0.2, -0.15) is 4.98 Å². The van der Waals surface area contributed by atoms with Crippen LogP contribution < -0.4 is 5.73 Å². The van der Waals surface area contributed by atoms with E-state index in [0.29, 0.717) is 24.3 Å². The van der Waals surface area contributed by atoms with Crippen molar-refractivity contribution in [1.82, 2.24) is 15.0 Å². The molecule has 1 amide bonds. The highest BCUT2D eigenvalue weighted by Crippen LogP contribution is 2.43. The van der Waals surface area contributed by atoms with Crippen LogP contribution in [-0.4, -0.2) is 33.5 Å². The van der Waals surface area contributed by atoms with Gasteiger partial charge >= 0.3 is 0 Å². The van der Waals surface area contributed by atoms with Crippen molar-refractivity contribution in [3.63, 3.8) is 0 Å². The monoisotopic (exact) mass is 422 g/mol. The molecule has 6 nitrogen and oxygen atoms in total. The van der Waals surface area contributed by atoms with Gasteiger partial charge in [0.15, 0.2) is 17.5 Å². The second-order valence-corrected chi connectivity index (χ2v) is 8.64. The number of aromatic nitrogens is 2. The highest BCUT2D eigenvalue weighted by Gasteiger charge is 2.41. The molecule has 0 radical (unpaired) electrons. The third-order valence-corrected chi connectivity index (χ3v) is 6.29. The molecule has 9 heteroatoms. The first-order valence-electron chi connectivity index (χ1n) is 10.3. The predicted molar refractivity (Wildman–Crippen MR) is 102 cm³/mol. The molecule has 1 saturated heterocycles. The summed E-state index contributed by atoms with van der Waals surface area (Å²) in [4.78, 5) is 19.1. The predicted octanol–water partition coefficient (Wildman–Crippen LogP) is 3.55. The highest BCUT2D eigenvalue weighted by atomic mass is 19.2. The Hall–Kier alpha value is -2.42. The van der Waals surface area contributed by atoms with Crippen molar-refractivity contribution in [2.45, 2.75) is 69.4 Å². The van der Waals surface area contributed by atoms with Crippen LogP contribution in [0.15, 0.2) is 16.7 Å². The van der Waals surface area contributed by atoms with Gasteiger partial charge in [0.1, 0.15) is 5.82 Å². The van der Waals surface area contributed by atoms with Crippen LogP contribution in [0.5, 0.6) is 0 Å². The summed E-state index contributed by atoms with van der Waals surface area (Å²) < 4.78 is 45.8. The van der Waals surface area contributed by atoms with Crippen molar-refractivity contribution >= 4 is 5.91 Å². The minimum Gasteiger partial charge on any atom is -0.339 e. The van der Waals surface area contributed by atoms with Crippen LogP contribution in [0.25, 0.3) is 0 Å². The summed E-state index contributed by atoms with van der Waals surface area (Å²) >= 11 is 0. The Kier molecular flexibility index (Phi) is 5.57. The second kappa shape index (κ2) is 8.02. The van der Waals surface area contributed by atoms with Crippen LogP contribution in [0.1, 0.15) is 68.8 Å². The molecule has 2 aromatic rings. The molecule has 1 aromatic carbocycles. The van der Waals surface area contributed by atoms with Crippen LogP contribution in [0.3, 0.4) is 0 Å². The standard InChI is InChI=1S/C21H25F3N4O2/c1-21(5-3-6-21)20-26-19(27-30-20)17-4-2-7-28(17)18(29)10-13(25)8-12-9-15(23)16(24)11-14(12)22/h9,11,13,17H,2-8,10,25H2,1H3/t13-,17+/m1/s1. The number of hydrogen-bond donors (Lipinski definition) is 1. The van der Waals surface area contributed by atoms with Gasteiger partial charge in [0.25, 0.3) is 0 Å². The zero-order valence-electron chi connectivity index (χ0n) is 16.8. The number of benzene rings is 1. The first kappa shape index (κ1) is 20.8. The topological polar surface area (TPSA) is 85.2 Å². The number of likely N-dealkylation sites (tertiary alicyclic amines) is 1. The number of hydrogen-bond acceptors (Lipinski definition) is 5. The lowest BCUT2D eigenvalue weighted by Gasteiger charge is -2.34. The van der Waals surface area contributed by atoms with Crippen molar-refractivity contribution < 1.29 is 22.5 Å². The molecular weight excluding hydrogens is 397 g/mol. The van der Waals surface area contributed by atoms with Gasteiger partial charge in [-0.25, -0.2) is 13.2 Å². The molecule has 1 saturated carbocycles. The Morgan fingerprint density at radius 2 is 2.00 bits per heavy atom. The van der Waals surface area contributed by atoms with Gasteiger partial charge in [-0.1, -0.05) is 18.5 Å². The van der Waals surface area contributed by atoms with Crippen molar-refractivity contribution in [3.8, 4) is 0 Å². The largest absolute Gasteiger partial charge is 0.339 e. The maximum Gasteiger partial charge on any atom is 0.232 e. The minimum absolute atomic E-state index is 0.0443. The summed E-state index contributed by atoms with van der Waals surface area (Å²) in [5.74, 6) is -2.35. The zero-order valence-corrected chi connectivity index (χ0v) is 16.8. The minimum atomic E-state index is -1.25. The van der Waals surface area contributed by atoms with E-state index in [0.717, 1.165) is 38.2 Å². The van der Waals surface area contributed by atoms with E-state index < -0.39 is 23.5 Å². The summed E-state index contributed by atoms with van der Waals surface area (Å²) in [6.07, 6.45) is 4.59. The fourth-order valence-electron chi connectivity index (χ4n) is 4.29. The van der Waals surface area contributed by atoms with Crippen LogP contribution in [0, 0.1) is 17.5 Å². The fourth-order valence-corrected chi connectivity index (χ4v) is 4.29. The van der Waals surface area contributed by atoms with E-state index in [4.69, 9.17) is 10.3 Å². The van der Waals surface area contributed by atoms with Crippen molar-refractivity contribution in [3.05, 3.63) is 46.9 Å². The molecule has 1 aliphatic heterocycles. The Labute approximate surface area is 172 Å². The Morgan fingerprint density at radius 1 is 1.27 bits per heavy atom. The van der Waals surface area contributed by atoms with E-state index in [9.17, 15) is 18.0 Å². The van der Waals surface area contributed by atoms with E-state index in [2.05, 4.69) is 17.1 Å². The molecule has 2 aliphatic rings. The smallest absolute Gasteiger partial charge is 0.232 e. The number of carbonyl (C=O) groups is 1. The van der Waals surface area contributed by atoms with E-state index in [-0.39, 0.29) is 35.8 Å². The molecule has 2 fully saturated rings. The molecule has 4 rings (SSSR count). The normalized spacial score (nSPS) is 21.5. The molecule has 1 aromatic heterocycles. The fraction of sp³-hybridized carbons (Fsp3) is 0.571. The molecule has 2 heterocycles. The average molecular weight is 422 g/mol. The van der Waals surface area contributed by atoms with Crippen molar-refractivity contribution in [2.75, 3.05) is 6.54 Å². The SMILES string of the molecule is CC1(c2nc([C@@H]3CCCN3C(=O)C[C@H](N)Cc3cc(F)c(F)cc3F)no2)CCC1. The van der Waals surface area contributed by atoms with Crippen LogP contribution in [-0.2, 0) is 16.6 Å². The van der Waals surface area contributed by atoms with E-state index in [1.54, 1.807) is 4.90 Å². The highest BCUT2D eigenvalue weighted by molar-refractivity contribution is 5.77. The molecule has 2 N–H and O–H groups in total. The summed E-state index contributed by atoms with van der Waals surface area (Å²) in [7, 11) is 0. The van der Waals surface area contributed by atoms with Crippen LogP contribution in [0.4, 0.5) is 13.2 Å². The van der Waals surface area contributed by atoms with Gasteiger partial charge in [0, 0.05) is 30.5 Å². The lowest BCUT2D eigenvalue weighted by Crippen LogP contribution is -2.37. The maximum absolute atomic E-state index is 13.9. The first-order valence-corrected chi connectivity index (χ1v) is 10.3. The quantitative estimate of drug-likeness (QED) is 0.720. The molecular formula is C21H25F3N4O2. The third kappa shape index (κ3) is 3.95. The lowest BCUT2D eigenvalue weighted by atomic mass is 9.70. The van der Waals surface area contributed by atoms with Gasteiger partial charge in [-0.15, -0.1) is 0 Å². The number of amides is 1. The number of halogens is 3. The number of nitrogens with zero attached hydrogens (tertiary/aromatic N) is 3. The average Bonchev–Trinajstić information content (AvgIpc) is 3.33. The van der Waals surface area contributed by atoms with Crippen LogP contribution >= 0.6 is 0 Å². The van der Waals surface area contributed by atoms with E-state index >= 15 is 0 Å². The molecule has 1 aliphatic carbocycles. The first-order chi connectivity index (χ1) is 14.3. The lowest BCUT2D eigenvalue weighted by molar-refractivity contribution is -0.132. The Bertz CT molecular complexity index is 944. The van der Waals surface area contributed by atoms with Crippen molar-refractivity contribution in [2.24, 2.45) is 5.73 Å². The number of rotatable bonds is 6. The maximum atomic E-state index is 13.9. The number of nitrogens with two attached hydrogens (primary N) is 1. The molecule has 30 heavy (non-hydrogen) atoms. The van der Waals surface area contributed by atoms with Gasteiger partial charge in [-0.3, -0.25) is 4.79 Å². The Balaban J connectivity index is 1.41. The van der Waals surface area contributed by atoms with Crippen molar-refractivity contribution in [1.29, 1.82) is 0 Å². The van der Waals surface area contributed by atoms with E-state index in [1.807, 2.05) is 0 Å². The summed E-state index contributed by atoms with van der Waals surface area (Å²) in [5, 5.41) is 4.12. The molecule has 2 atom stereocenters. The molecule has 0 unspecified atom stereocenters. The molecule has 0 spiro atoms. The summed E-state index contributed by atoms with van der Waals surface area (Å²) in [6.45, 7) is 2.65. The van der Waals surface area contributed by atoms with Gasteiger partial charge in [0.05, 0.1) is 6.04 Å². The summed E-state index contributed by atoms with van der Waals surface area (Å²) in [6, 6.07) is 0.278. The van der Waals surface area contributed by atoms with Crippen LogP contribution in [0.2, 0.25) is 0 Å². The molecule has 0 bridgehead atoms. The van der Waals surface area contributed by atoms with Gasteiger partial charge < -0.3 is 15.2 Å².